The number of amides is 1. The highest BCUT2D eigenvalue weighted by atomic mass is 16.2. The molecule has 1 amide bonds. The van der Waals surface area contributed by atoms with Crippen LogP contribution < -0.4 is 10.7 Å². The molecule has 1 aliphatic rings. The van der Waals surface area contributed by atoms with Gasteiger partial charge in [0.1, 0.15) is 0 Å². The van der Waals surface area contributed by atoms with Gasteiger partial charge in [-0.1, -0.05) is 30.3 Å². The van der Waals surface area contributed by atoms with Crippen LogP contribution in [-0.2, 0) is 11.3 Å². The molecular formula is C20H18N4O. The Bertz CT molecular complexity index is 942. The topological polar surface area (TPSA) is 66.4 Å². The van der Waals surface area contributed by atoms with Crippen LogP contribution in [-0.4, -0.2) is 16.6 Å². The zero-order chi connectivity index (χ0) is 17.1. The van der Waals surface area contributed by atoms with Gasteiger partial charge in [0, 0.05) is 36.7 Å². The van der Waals surface area contributed by atoms with Gasteiger partial charge in [0.2, 0.25) is 5.91 Å². The number of para-hydroxylation sites is 1. The molecule has 0 spiro atoms. The fourth-order valence-corrected chi connectivity index (χ4v) is 2.97. The Morgan fingerprint density at radius 1 is 1.00 bits per heavy atom. The molecule has 4 rings (SSSR count). The number of carbonyl (C=O) groups is 1. The zero-order valence-corrected chi connectivity index (χ0v) is 13.7. The Morgan fingerprint density at radius 3 is 2.64 bits per heavy atom. The van der Waals surface area contributed by atoms with E-state index < -0.39 is 0 Å². The summed E-state index contributed by atoms with van der Waals surface area (Å²) in [5.74, 6) is -0.0217. The smallest absolute Gasteiger partial charge is 0.240 e. The van der Waals surface area contributed by atoms with E-state index in [4.69, 9.17) is 0 Å². The molecule has 1 aliphatic heterocycles. The minimum atomic E-state index is -0.0217. The molecule has 2 aromatic carbocycles. The number of anilines is 1. The minimum absolute atomic E-state index is 0.0217. The van der Waals surface area contributed by atoms with Gasteiger partial charge in [-0.15, -0.1) is 0 Å². The van der Waals surface area contributed by atoms with Gasteiger partial charge in [-0.3, -0.25) is 9.78 Å². The second-order valence-electron chi connectivity index (χ2n) is 6.01. The van der Waals surface area contributed by atoms with Gasteiger partial charge in [-0.2, -0.15) is 5.10 Å². The SMILES string of the molecule is O=C1CCC(c2ccc(NCc3ccnc4ccccc34)cc2)=NN1. The molecule has 124 valence electrons. The maximum absolute atomic E-state index is 11.2. The number of aromatic nitrogens is 1. The van der Waals surface area contributed by atoms with Gasteiger partial charge in [0.05, 0.1) is 11.2 Å². The summed E-state index contributed by atoms with van der Waals surface area (Å²) in [7, 11) is 0. The van der Waals surface area contributed by atoms with Gasteiger partial charge >= 0.3 is 0 Å². The molecule has 0 radical (unpaired) electrons. The van der Waals surface area contributed by atoms with E-state index >= 15 is 0 Å². The molecule has 0 fully saturated rings. The molecular weight excluding hydrogens is 312 g/mol. The predicted octanol–water partition coefficient (Wildman–Crippen LogP) is 3.46. The summed E-state index contributed by atoms with van der Waals surface area (Å²) in [5, 5.41) is 8.75. The average molecular weight is 330 g/mol. The summed E-state index contributed by atoms with van der Waals surface area (Å²) >= 11 is 0. The van der Waals surface area contributed by atoms with E-state index in [0.29, 0.717) is 12.8 Å². The van der Waals surface area contributed by atoms with E-state index in [1.165, 1.54) is 10.9 Å². The summed E-state index contributed by atoms with van der Waals surface area (Å²) < 4.78 is 0. The summed E-state index contributed by atoms with van der Waals surface area (Å²) in [6, 6.07) is 18.3. The van der Waals surface area contributed by atoms with Crippen LogP contribution in [0.5, 0.6) is 0 Å². The maximum atomic E-state index is 11.2. The van der Waals surface area contributed by atoms with Crippen molar-refractivity contribution >= 4 is 28.2 Å². The summed E-state index contributed by atoms with van der Waals surface area (Å²) in [6.45, 7) is 0.735. The fourth-order valence-electron chi connectivity index (χ4n) is 2.97. The number of pyridine rings is 1. The van der Waals surface area contributed by atoms with Crippen molar-refractivity contribution in [1.29, 1.82) is 0 Å². The van der Waals surface area contributed by atoms with Gasteiger partial charge in [0.25, 0.3) is 0 Å². The summed E-state index contributed by atoms with van der Waals surface area (Å²) in [5.41, 5.74) is 7.77. The highest BCUT2D eigenvalue weighted by Crippen LogP contribution is 2.19. The molecule has 0 bridgehead atoms. The van der Waals surface area contributed by atoms with Crippen LogP contribution in [0.25, 0.3) is 10.9 Å². The molecule has 3 aromatic rings. The highest BCUT2D eigenvalue weighted by Gasteiger charge is 2.12. The Kier molecular flexibility index (Phi) is 4.12. The van der Waals surface area contributed by atoms with Crippen LogP contribution in [0.3, 0.4) is 0 Å². The van der Waals surface area contributed by atoms with Gasteiger partial charge in [-0.05, 0) is 35.4 Å². The van der Waals surface area contributed by atoms with Crippen LogP contribution in [0.15, 0.2) is 65.9 Å². The minimum Gasteiger partial charge on any atom is -0.381 e. The summed E-state index contributed by atoms with van der Waals surface area (Å²) in [4.78, 5) is 15.6. The lowest BCUT2D eigenvalue weighted by Gasteiger charge is -2.13. The maximum Gasteiger partial charge on any atom is 0.240 e. The van der Waals surface area contributed by atoms with Crippen molar-refractivity contribution in [3.05, 3.63) is 71.9 Å². The number of fused-ring (bicyclic) bond motifs is 1. The fraction of sp³-hybridized carbons (Fsp3) is 0.150. The number of nitrogens with one attached hydrogen (secondary N) is 2. The number of hydrogen-bond acceptors (Lipinski definition) is 4. The van der Waals surface area contributed by atoms with E-state index in [0.717, 1.165) is 29.0 Å². The van der Waals surface area contributed by atoms with Crippen molar-refractivity contribution in [3.8, 4) is 0 Å². The van der Waals surface area contributed by atoms with Crippen molar-refractivity contribution in [3.63, 3.8) is 0 Å². The normalized spacial score (nSPS) is 14.1. The lowest BCUT2D eigenvalue weighted by atomic mass is 10.0. The Morgan fingerprint density at radius 2 is 1.84 bits per heavy atom. The lowest BCUT2D eigenvalue weighted by Crippen LogP contribution is -2.25. The monoisotopic (exact) mass is 330 g/mol. The predicted molar refractivity (Wildman–Crippen MR) is 99.4 cm³/mol. The molecule has 0 aliphatic carbocycles. The third-order valence-electron chi connectivity index (χ3n) is 4.34. The molecule has 0 saturated heterocycles. The molecule has 1 aromatic heterocycles. The van der Waals surface area contributed by atoms with E-state index in [2.05, 4.69) is 26.9 Å². The van der Waals surface area contributed by atoms with Gasteiger partial charge in [0.15, 0.2) is 0 Å². The van der Waals surface area contributed by atoms with E-state index in [1.807, 2.05) is 54.7 Å². The number of benzene rings is 2. The van der Waals surface area contributed by atoms with Crippen molar-refractivity contribution in [2.45, 2.75) is 19.4 Å². The summed E-state index contributed by atoms with van der Waals surface area (Å²) in [6.07, 6.45) is 3.02. The largest absolute Gasteiger partial charge is 0.381 e. The van der Waals surface area contributed by atoms with E-state index in [-0.39, 0.29) is 5.91 Å². The number of rotatable bonds is 4. The van der Waals surface area contributed by atoms with Crippen LogP contribution in [0.1, 0.15) is 24.0 Å². The first-order valence-corrected chi connectivity index (χ1v) is 8.32. The van der Waals surface area contributed by atoms with Crippen molar-refractivity contribution < 1.29 is 4.79 Å². The first kappa shape index (κ1) is 15.3. The molecule has 5 heteroatoms. The average Bonchev–Trinajstić information content (AvgIpc) is 2.67. The van der Waals surface area contributed by atoms with Crippen molar-refractivity contribution in [2.75, 3.05) is 5.32 Å². The third kappa shape index (κ3) is 3.35. The quantitative estimate of drug-likeness (QED) is 0.770. The highest BCUT2D eigenvalue weighted by molar-refractivity contribution is 6.04. The zero-order valence-electron chi connectivity index (χ0n) is 13.7. The second kappa shape index (κ2) is 6.73. The molecule has 0 atom stereocenters. The molecule has 2 heterocycles. The van der Waals surface area contributed by atoms with Gasteiger partial charge in [-0.25, -0.2) is 5.43 Å². The van der Waals surface area contributed by atoms with Crippen LogP contribution in [0.2, 0.25) is 0 Å². The standard InChI is InChI=1S/C20H18N4O/c25-20-10-9-18(23-24-20)14-5-7-16(8-6-14)22-13-15-11-12-21-19-4-2-1-3-17(15)19/h1-8,11-12,22H,9-10,13H2,(H,24,25). The third-order valence-corrected chi connectivity index (χ3v) is 4.34. The van der Waals surface area contributed by atoms with Gasteiger partial charge < -0.3 is 5.32 Å². The molecule has 25 heavy (non-hydrogen) atoms. The number of hydrazone groups is 1. The van der Waals surface area contributed by atoms with Crippen molar-refractivity contribution in [1.82, 2.24) is 10.4 Å². The van der Waals surface area contributed by atoms with E-state index in [9.17, 15) is 4.79 Å². The molecule has 5 nitrogen and oxygen atoms in total. The Hall–Kier alpha value is -3.21. The molecule has 0 saturated carbocycles. The number of nitrogens with zero attached hydrogens (tertiary/aromatic N) is 2. The Labute approximate surface area is 145 Å². The lowest BCUT2D eigenvalue weighted by molar-refractivity contribution is -0.121. The van der Waals surface area contributed by atoms with Crippen LogP contribution in [0.4, 0.5) is 5.69 Å². The number of hydrogen-bond donors (Lipinski definition) is 2. The molecule has 0 unspecified atom stereocenters. The Balaban J connectivity index is 1.47. The van der Waals surface area contributed by atoms with Crippen LogP contribution in [0, 0.1) is 0 Å². The number of carbonyl (C=O) groups excluding carboxylic acids is 1. The second-order valence-corrected chi connectivity index (χ2v) is 6.01. The first-order valence-electron chi connectivity index (χ1n) is 8.32. The van der Waals surface area contributed by atoms with Crippen molar-refractivity contribution in [2.24, 2.45) is 5.10 Å². The first-order chi connectivity index (χ1) is 12.3. The van der Waals surface area contributed by atoms with E-state index in [1.54, 1.807) is 0 Å². The molecule has 2 N–H and O–H groups in total. The van der Waals surface area contributed by atoms with Crippen LogP contribution >= 0.6 is 0 Å².